The Hall–Kier alpha value is -2.82. The minimum atomic E-state index is -1.19. The Morgan fingerprint density at radius 1 is 1.00 bits per heavy atom. The summed E-state index contributed by atoms with van der Waals surface area (Å²) in [7, 11) is 0. The first kappa shape index (κ1) is 15.1. The zero-order chi connectivity index (χ0) is 16.6. The number of nitrogens with zero attached hydrogens (tertiary/aromatic N) is 1. The normalized spacial score (nSPS) is 20.9. The lowest BCUT2D eigenvalue weighted by molar-refractivity contribution is -0.138. The molecule has 1 fully saturated rings. The molecule has 1 heterocycles. The molecule has 0 N–H and O–H groups in total. The number of amides is 1. The van der Waals surface area contributed by atoms with Gasteiger partial charge in [-0.25, -0.2) is 4.39 Å². The SMILES string of the molecule is CC(=O)C1C(=O)C(=O)N(c2ccccc2)C1c1ccccc1F. The predicted molar refractivity (Wildman–Crippen MR) is 82.2 cm³/mol. The summed E-state index contributed by atoms with van der Waals surface area (Å²) >= 11 is 0. The predicted octanol–water partition coefficient (Wildman–Crippen LogP) is 2.69. The van der Waals surface area contributed by atoms with Gasteiger partial charge in [0, 0.05) is 11.3 Å². The number of rotatable bonds is 3. The van der Waals surface area contributed by atoms with Crippen molar-refractivity contribution in [1.82, 2.24) is 0 Å². The number of halogens is 1. The maximum atomic E-state index is 14.3. The monoisotopic (exact) mass is 311 g/mol. The second-order valence-corrected chi connectivity index (χ2v) is 5.43. The van der Waals surface area contributed by atoms with E-state index < -0.39 is 35.3 Å². The molecule has 1 saturated heterocycles. The quantitative estimate of drug-likeness (QED) is 0.647. The Bertz CT molecular complexity index is 788. The van der Waals surface area contributed by atoms with Crippen molar-refractivity contribution in [2.24, 2.45) is 5.92 Å². The molecule has 2 aromatic carbocycles. The summed E-state index contributed by atoms with van der Waals surface area (Å²) in [5.74, 6) is -3.78. The topological polar surface area (TPSA) is 54.5 Å². The van der Waals surface area contributed by atoms with E-state index in [0.717, 1.165) is 0 Å². The highest BCUT2D eigenvalue weighted by atomic mass is 19.1. The molecule has 1 aliphatic heterocycles. The van der Waals surface area contributed by atoms with Crippen LogP contribution in [0.1, 0.15) is 18.5 Å². The van der Waals surface area contributed by atoms with E-state index in [1.165, 1.54) is 30.0 Å². The van der Waals surface area contributed by atoms with Crippen molar-refractivity contribution in [3.63, 3.8) is 0 Å². The molecule has 116 valence electrons. The van der Waals surface area contributed by atoms with Crippen LogP contribution in [0.4, 0.5) is 10.1 Å². The van der Waals surface area contributed by atoms with Gasteiger partial charge >= 0.3 is 0 Å². The third kappa shape index (κ3) is 2.44. The molecule has 2 aromatic rings. The van der Waals surface area contributed by atoms with Crippen molar-refractivity contribution in [2.75, 3.05) is 4.90 Å². The standard InChI is InChI=1S/C18H14FNO3/c1-11(21)15-16(13-9-5-6-10-14(13)19)20(18(23)17(15)22)12-7-3-2-4-8-12/h2-10,15-16H,1H3. The summed E-state index contributed by atoms with van der Waals surface area (Å²) in [6.07, 6.45) is 0. The second kappa shape index (κ2) is 5.76. The number of para-hydroxylation sites is 1. The fraction of sp³-hybridized carbons (Fsp3) is 0.167. The minimum absolute atomic E-state index is 0.163. The molecule has 3 rings (SSSR count). The van der Waals surface area contributed by atoms with E-state index in [-0.39, 0.29) is 5.56 Å². The summed E-state index contributed by atoms with van der Waals surface area (Å²) in [5, 5.41) is 0. The molecule has 4 nitrogen and oxygen atoms in total. The first-order valence-electron chi connectivity index (χ1n) is 7.19. The molecule has 0 bridgehead atoms. The number of benzene rings is 2. The first-order valence-corrected chi connectivity index (χ1v) is 7.19. The van der Waals surface area contributed by atoms with E-state index in [2.05, 4.69) is 0 Å². The number of Topliss-reactive ketones (excluding diaryl/α,β-unsaturated/α-hetero) is 2. The van der Waals surface area contributed by atoms with Gasteiger partial charge in [0.2, 0.25) is 5.78 Å². The number of hydrogen-bond donors (Lipinski definition) is 0. The summed E-state index contributed by atoms with van der Waals surface area (Å²) in [4.78, 5) is 37.9. The van der Waals surface area contributed by atoms with Gasteiger partial charge in [0.25, 0.3) is 5.91 Å². The molecule has 5 heteroatoms. The second-order valence-electron chi connectivity index (χ2n) is 5.43. The van der Waals surface area contributed by atoms with Gasteiger partial charge in [-0.3, -0.25) is 19.3 Å². The fourth-order valence-corrected chi connectivity index (χ4v) is 2.98. The number of anilines is 1. The van der Waals surface area contributed by atoms with Crippen molar-refractivity contribution in [3.05, 3.63) is 66.0 Å². The Morgan fingerprint density at radius 3 is 2.22 bits per heavy atom. The van der Waals surface area contributed by atoms with Crippen LogP contribution in [0.15, 0.2) is 54.6 Å². The van der Waals surface area contributed by atoms with E-state index in [1.54, 1.807) is 36.4 Å². The lowest BCUT2D eigenvalue weighted by Crippen LogP contribution is -2.30. The summed E-state index contributed by atoms with van der Waals surface area (Å²) in [6.45, 7) is 1.25. The van der Waals surface area contributed by atoms with Crippen molar-refractivity contribution >= 4 is 23.2 Å². The number of hydrogen-bond acceptors (Lipinski definition) is 3. The average Bonchev–Trinajstić information content (AvgIpc) is 2.80. The van der Waals surface area contributed by atoms with Crippen molar-refractivity contribution in [2.45, 2.75) is 13.0 Å². The minimum Gasteiger partial charge on any atom is -0.299 e. The van der Waals surface area contributed by atoms with E-state index in [1.807, 2.05) is 0 Å². The third-order valence-electron chi connectivity index (χ3n) is 4.00. The van der Waals surface area contributed by atoms with E-state index in [9.17, 15) is 18.8 Å². The molecule has 1 amide bonds. The summed E-state index contributed by atoms with van der Waals surface area (Å²) in [6, 6.07) is 13.4. The van der Waals surface area contributed by atoms with Crippen LogP contribution in [-0.4, -0.2) is 17.5 Å². The largest absolute Gasteiger partial charge is 0.299 e. The highest BCUT2D eigenvalue weighted by molar-refractivity contribution is 6.48. The van der Waals surface area contributed by atoms with Gasteiger partial charge in [-0.2, -0.15) is 0 Å². The molecule has 0 aliphatic carbocycles. The Morgan fingerprint density at radius 2 is 1.61 bits per heavy atom. The highest BCUT2D eigenvalue weighted by Crippen LogP contribution is 2.40. The van der Waals surface area contributed by atoms with Crippen molar-refractivity contribution < 1.29 is 18.8 Å². The van der Waals surface area contributed by atoms with Crippen LogP contribution in [0.25, 0.3) is 0 Å². The van der Waals surface area contributed by atoms with Gasteiger partial charge in [-0.05, 0) is 25.1 Å². The van der Waals surface area contributed by atoms with Crippen LogP contribution in [0, 0.1) is 11.7 Å². The molecular formula is C18H14FNO3. The maximum absolute atomic E-state index is 14.3. The summed E-state index contributed by atoms with van der Waals surface area (Å²) < 4.78 is 14.3. The molecule has 0 saturated carbocycles. The third-order valence-corrected chi connectivity index (χ3v) is 4.00. The maximum Gasteiger partial charge on any atom is 0.295 e. The molecular weight excluding hydrogens is 297 g/mol. The van der Waals surface area contributed by atoms with Crippen molar-refractivity contribution in [1.29, 1.82) is 0 Å². The molecule has 2 unspecified atom stereocenters. The Labute approximate surface area is 132 Å². The molecule has 0 aromatic heterocycles. The first-order chi connectivity index (χ1) is 11.0. The molecule has 1 aliphatic rings. The van der Waals surface area contributed by atoms with Crippen LogP contribution in [0.2, 0.25) is 0 Å². The van der Waals surface area contributed by atoms with Gasteiger partial charge in [0.1, 0.15) is 17.5 Å². The lowest BCUT2D eigenvalue weighted by Gasteiger charge is -2.27. The van der Waals surface area contributed by atoms with Crippen LogP contribution < -0.4 is 4.90 Å². The zero-order valence-corrected chi connectivity index (χ0v) is 12.4. The Kier molecular flexibility index (Phi) is 3.78. The van der Waals surface area contributed by atoms with Gasteiger partial charge in [0.15, 0.2) is 0 Å². The lowest BCUT2D eigenvalue weighted by atomic mass is 9.89. The fourth-order valence-electron chi connectivity index (χ4n) is 2.98. The molecule has 0 radical (unpaired) electrons. The smallest absolute Gasteiger partial charge is 0.295 e. The highest BCUT2D eigenvalue weighted by Gasteiger charge is 2.51. The molecule has 0 spiro atoms. The van der Waals surface area contributed by atoms with E-state index in [4.69, 9.17) is 0 Å². The Balaban J connectivity index is 2.20. The van der Waals surface area contributed by atoms with Gasteiger partial charge in [-0.1, -0.05) is 36.4 Å². The van der Waals surface area contributed by atoms with Crippen LogP contribution >= 0.6 is 0 Å². The van der Waals surface area contributed by atoms with Gasteiger partial charge in [-0.15, -0.1) is 0 Å². The average molecular weight is 311 g/mol. The van der Waals surface area contributed by atoms with E-state index >= 15 is 0 Å². The molecule has 23 heavy (non-hydrogen) atoms. The van der Waals surface area contributed by atoms with E-state index in [0.29, 0.717) is 5.69 Å². The van der Waals surface area contributed by atoms with Crippen LogP contribution in [0.5, 0.6) is 0 Å². The molecule has 2 atom stereocenters. The van der Waals surface area contributed by atoms with Crippen molar-refractivity contribution in [3.8, 4) is 0 Å². The van der Waals surface area contributed by atoms with Gasteiger partial charge < -0.3 is 0 Å². The number of carbonyl (C=O) groups excluding carboxylic acids is 3. The van der Waals surface area contributed by atoms with Crippen LogP contribution in [0.3, 0.4) is 0 Å². The number of carbonyl (C=O) groups is 3. The number of ketones is 2. The van der Waals surface area contributed by atoms with Gasteiger partial charge in [0.05, 0.1) is 6.04 Å². The zero-order valence-electron chi connectivity index (χ0n) is 12.4. The summed E-state index contributed by atoms with van der Waals surface area (Å²) in [5.41, 5.74) is 0.624. The van der Waals surface area contributed by atoms with Crippen LogP contribution in [-0.2, 0) is 14.4 Å².